The zero-order chi connectivity index (χ0) is 39.2. The Morgan fingerprint density at radius 2 is 0.418 bits per heavy atom. The highest BCUT2D eigenvalue weighted by atomic mass is 19.4. The molecule has 55 heavy (non-hydrogen) atoms. The Morgan fingerprint density at radius 3 is 0.582 bits per heavy atom. The van der Waals surface area contributed by atoms with E-state index in [4.69, 9.17) is 0 Å². The van der Waals surface area contributed by atoms with Gasteiger partial charge in [0.2, 0.25) is 0 Å². The molecule has 278 valence electrons. The molecule has 0 aliphatic rings. The summed E-state index contributed by atoms with van der Waals surface area (Å²) < 4.78 is 117. The molecule has 6 aromatic rings. The first-order valence-electron chi connectivity index (χ1n) is 16.8. The molecule has 1 nitrogen and oxygen atoms in total. The predicted molar refractivity (Wildman–Crippen MR) is 202 cm³/mol. The monoisotopic (exact) mass is 755 g/mol. The van der Waals surface area contributed by atoms with Crippen molar-refractivity contribution in [2.75, 3.05) is 4.90 Å². The van der Waals surface area contributed by atoms with E-state index in [0.717, 1.165) is 70.2 Å². The molecule has 0 bridgehead atoms. The van der Waals surface area contributed by atoms with Crippen LogP contribution in [0.25, 0.3) is 36.5 Å². The fourth-order valence-electron chi connectivity index (χ4n) is 5.58. The molecule has 10 heteroatoms. The average molecular weight is 756 g/mol. The molecule has 0 fully saturated rings. The highest BCUT2D eigenvalue weighted by molar-refractivity contribution is 5.80. The summed E-state index contributed by atoms with van der Waals surface area (Å²) in [6.07, 6.45) is -2.68. The molecule has 0 aliphatic heterocycles. The minimum absolute atomic E-state index is 0.610. The van der Waals surface area contributed by atoms with E-state index < -0.39 is 35.2 Å². The third-order valence-electron chi connectivity index (χ3n) is 8.57. The van der Waals surface area contributed by atoms with E-state index >= 15 is 0 Å². The second kappa shape index (κ2) is 16.0. The third-order valence-corrected chi connectivity index (χ3v) is 8.57. The average Bonchev–Trinajstić information content (AvgIpc) is 3.16. The number of rotatable bonds is 9. The van der Waals surface area contributed by atoms with Gasteiger partial charge in [0.15, 0.2) is 0 Å². The number of anilines is 3. The van der Waals surface area contributed by atoms with Gasteiger partial charge in [0.05, 0.1) is 16.7 Å². The van der Waals surface area contributed by atoms with Gasteiger partial charge in [-0.25, -0.2) is 0 Å². The third kappa shape index (κ3) is 10.2. The molecule has 0 heterocycles. The first-order chi connectivity index (χ1) is 26.1. The maximum Gasteiger partial charge on any atom is 0.416 e. The highest BCUT2D eigenvalue weighted by Gasteiger charge is 2.31. The number of benzene rings is 6. The van der Waals surface area contributed by atoms with Gasteiger partial charge in [-0.2, -0.15) is 39.5 Å². The minimum Gasteiger partial charge on any atom is -0.311 e. The molecule has 0 saturated carbocycles. The van der Waals surface area contributed by atoms with E-state index in [1.54, 1.807) is 36.5 Å². The van der Waals surface area contributed by atoms with Crippen LogP contribution in [-0.2, 0) is 18.5 Å². The molecular weight excluding hydrogens is 725 g/mol. The lowest BCUT2D eigenvalue weighted by Crippen LogP contribution is -2.09. The van der Waals surface area contributed by atoms with Gasteiger partial charge >= 0.3 is 18.5 Å². The van der Waals surface area contributed by atoms with Crippen LogP contribution in [0.2, 0.25) is 0 Å². The smallest absolute Gasteiger partial charge is 0.311 e. The van der Waals surface area contributed by atoms with Gasteiger partial charge in [0.1, 0.15) is 0 Å². The first-order valence-corrected chi connectivity index (χ1v) is 16.8. The van der Waals surface area contributed by atoms with Crippen LogP contribution in [-0.4, -0.2) is 0 Å². The van der Waals surface area contributed by atoms with Crippen molar-refractivity contribution in [3.8, 4) is 0 Å². The van der Waals surface area contributed by atoms with Crippen LogP contribution in [0.4, 0.5) is 56.6 Å². The van der Waals surface area contributed by atoms with Gasteiger partial charge in [-0.15, -0.1) is 0 Å². The normalized spacial score (nSPS) is 12.6. The summed E-state index contributed by atoms with van der Waals surface area (Å²) in [7, 11) is 0. The van der Waals surface area contributed by atoms with Crippen LogP contribution in [0.1, 0.15) is 50.1 Å². The molecule has 0 aliphatic carbocycles. The predicted octanol–water partition coefficient (Wildman–Crippen LogP) is 14.7. The van der Waals surface area contributed by atoms with Crippen molar-refractivity contribution in [2.45, 2.75) is 18.5 Å². The molecular formula is C45H30F9N. The fraction of sp³-hybridized carbons (Fsp3) is 0.0667. The standard InChI is InChI=1S/C45H30F9N/c46-43(47,48)37-19-7-31(8-20-37)1-4-34-13-25-40(26-14-34)55(41-27-15-35(16-28-41)5-2-32-9-21-38(22-10-32)44(49,50)51)42-29-17-36(18-30-42)6-3-33-11-23-39(24-12-33)45(52,53)54/h1-30H. The zero-order valence-electron chi connectivity index (χ0n) is 28.7. The Balaban J connectivity index is 1.24. The number of halogens is 9. The Bertz CT molecular complexity index is 1990. The largest absolute Gasteiger partial charge is 0.416 e. The van der Waals surface area contributed by atoms with Crippen molar-refractivity contribution < 1.29 is 39.5 Å². The van der Waals surface area contributed by atoms with Gasteiger partial charge in [-0.3, -0.25) is 0 Å². The van der Waals surface area contributed by atoms with Crippen LogP contribution < -0.4 is 4.90 Å². The molecule has 0 spiro atoms. The van der Waals surface area contributed by atoms with E-state index in [0.29, 0.717) is 16.7 Å². The fourth-order valence-corrected chi connectivity index (χ4v) is 5.58. The molecule has 6 aromatic carbocycles. The van der Waals surface area contributed by atoms with Gasteiger partial charge in [-0.1, -0.05) is 109 Å². The maximum absolute atomic E-state index is 13.0. The van der Waals surface area contributed by atoms with E-state index in [1.807, 2.05) is 77.7 Å². The van der Waals surface area contributed by atoms with Gasteiger partial charge < -0.3 is 4.90 Å². The van der Waals surface area contributed by atoms with Crippen LogP contribution >= 0.6 is 0 Å². The topological polar surface area (TPSA) is 3.24 Å². The quantitative estimate of drug-likeness (QED) is 0.105. The molecule has 6 rings (SSSR count). The van der Waals surface area contributed by atoms with Crippen LogP contribution in [0, 0.1) is 0 Å². The summed E-state index contributed by atoms with van der Waals surface area (Å²) in [6, 6.07) is 37.3. The highest BCUT2D eigenvalue weighted by Crippen LogP contribution is 2.36. The minimum atomic E-state index is -4.41. The van der Waals surface area contributed by atoms with Crippen LogP contribution in [0.5, 0.6) is 0 Å². The molecule has 0 saturated heterocycles. The molecule has 0 radical (unpaired) electrons. The molecule has 0 atom stereocenters. The van der Waals surface area contributed by atoms with E-state index in [9.17, 15) is 39.5 Å². The number of alkyl halides is 9. The van der Waals surface area contributed by atoms with Crippen LogP contribution in [0.15, 0.2) is 146 Å². The summed E-state index contributed by atoms with van der Waals surface area (Å²) in [5.41, 5.74) is 4.51. The number of hydrogen-bond donors (Lipinski definition) is 0. The Hall–Kier alpha value is -6.29. The maximum atomic E-state index is 13.0. The van der Waals surface area contributed by atoms with Gasteiger partial charge in [-0.05, 0) is 106 Å². The lowest BCUT2D eigenvalue weighted by Gasteiger charge is -2.26. The van der Waals surface area contributed by atoms with Crippen molar-refractivity contribution in [1.82, 2.24) is 0 Å². The van der Waals surface area contributed by atoms with Crippen molar-refractivity contribution >= 4 is 53.5 Å². The number of nitrogens with zero attached hydrogens (tertiary/aromatic N) is 1. The lowest BCUT2D eigenvalue weighted by molar-refractivity contribution is -0.138. The van der Waals surface area contributed by atoms with E-state index in [1.165, 1.54) is 36.4 Å². The van der Waals surface area contributed by atoms with Crippen molar-refractivity contribution in [2.24, 2.45) is 0 Å². The lowest BCUT2D eigenvalue weighted by atomic mass is 10.1. The zero-order valence-corrected chi connectivity index (χ0v) is 28.7. The Labute approximate surface area is 311 Å². The van der Waals surface area contributed by atoms with Crippen molar-refractivity contribution in [3.63, 3.8) is 0 Å². The first kappa shape index (κ1) is 38.4. The Kier molecular flexibility index (Phi) is 11.2. The summed E-state index contributed by atoms with van der Waals surface area (Å²) in [5.74, 6) is 0. The molecule has 0 unspecified atom stereocenters. The molecule has 0 amide bonds. The number of hydrogen-bond acceptors (Lipinski definition) is 1. The summed E-state index contributed by atoms with van der Waals surface area (Å²) >= 11 is 0. The van der Waals surface area contributed by atoms with Gasteiger partial charge in [0, 0.05) is 17.1 Å². The van der Waals surface area contributed by atoms with Gasteiger partial charge in [0.25, 0.3) is 0 Å². The van der Waals surface area contributed by atoms with Crippen molar-refractivity contribution in [3.05, 3.63) is 196 Å². The molecule has 0 N–H and O–H groups in total. The summed E-state index contributed by atoms with van der Waals surface area (Å²) in [4.78, 5) is 2.01. The Morgan fingerprint density at radius 1 is 0.255 bits per heavy atom. The summed E-state index contributed by atoms with van der Waals surface area (Å²) in [6.45, 7) is 0. The molecule has 0 aromatic heterocycles. The second-order valence-electron chi connectivity index (χ2n) is 12.5. The van der Waals surface area contributed by atoms with E-state index in [-0.39, 0.29) is 0 Å². The van der Waals surface area contributed by atoms with E-state index in [2.05, 4.69) is 0 Å². The SMILES string of the molecule is FC(F)(F)c1ccc(C=Cc2ccc(N(c3ccc(C=Cc4ccc(C(F)(F)F)cc4)cc3)c3ccc(C=Cc4ccc(C(F)(F)F)cc4)cc3)cc2)cc1. The summed E-state index contributed by atoms with van der Waals surface area (Å²) in [5, 5.41) is 0. The van der Waals surface area contributed by atoms with Crippen LogP contribution in [0.3, 0.4) is 0 Å². The second-order valence-corrected chi connectivity index (χ2v) is 12.5. The van der Waals surface area contributed by atoms with Crippen molar-refractivity contribution in [1.29, 1.82) is 0 Å².